The molecule has 0 saturated carbocycles. The van der Waals surface area contributed by atoms with Crippen molar-refractivity contribution in [2.75, 3.05) is 19.7 Å². The van der Waals surface area contributed by atoms with E-state index >= 15 is 0 Å². The van der Waals surface area contributed by atoms with Crippen molar-refractivity contribution in [1.29, 1.82) is 0 Å². The summed E-state index contributed by atoms with van der Waals surface area (Å²) >= 11 is 1.32. The summed E-state index contributed by atoms with van der Waals surface area (Å²) < 4.78 is 5.64. The van der Waals surface area contributed by atoms with Crippen molar-refractivity contribution in [1.82, 2.24) is 4.90 Å². The second kappa shape index (κ2) is 5.32. The molecule has 3 saturated heterocycles. The lowest BCUT2D eigenvalue weighted by atomic mass is 9.94. The maximum absolute atomic E-state index is 12.4. The molecule has 5 nitrogen and oxygen atoms in total. The van der Waals surface area contributed by atoms with Gasteiger partial charge in [0, 0.05) is 25.6 Å². The van der Waals surface area contributed by atoms with E-state index in [2.05, 4.69) is 0 Å². The number of likely N-dealkylation sites (tertiary alicyclic amines) is 1. The van der Waals surface area contributed by atoms with Crippen molar-refractivity contribution in [3.8, 4) is 0 Å². The summed E-state index contributed by atoms with van der Waals surface area (Å²) in [6.07, 6.45) is 3.62. The SMILES string of the molecule is O=C(O)[C@H]1CC[C@@H](C(=O)N2CC[C@@H]3OCC[C@@H]3C2)S1. The second-order valence-corrected chi connectivity index (χ2v) is 6.97. The summed E-state index contributed by atoms with van der Waals surface area (Å²) in [5.74, 6) is -0.165. The molecule has 3 rings (SSSR count). The van der Waals surface area contributed by atoms with E-state index in [1.807, 2.05) is 4.90 Å². The number of carboxylic acid groups (broad SMARTS) is 1. The van der Waals surface area contributed by atoms with Crippen LogP contribution in [0.5, 0.6) is 0 Å². The molecule has 4 atom stereocenters. The van der Waals surface area contributed by atoms with Gasteiger partial charge >= 0.3 is 5.97 Å². The first-order valence-electron chi connectivity index (χ1n) is 6.94. The van der Waals surface area contributed by atoms with Crippen LogP contribution in [-0.4, -0.2) is 58.2 Å². The molecule has 0 spiro atoms. The lowest BCUT2D eigenvalue weighted by Gasteiger charge is -2.35. The number of carbonyl (C=O) groups is 2. The Morgan fingerprint density at radius 3 is 2.68 bits per heavy atom. The van der Waals surface area contributed by atoms with Crippen LogP contribution >= 0.6 is 11.8 Å². The molecule has 0 aliphatic carbocycles. The average Bonchev–Trinajstić information content (AvgIpc) is 3.06. The van der Waals surface area contributed by atoms with Gasteiger partial charge in [0.05, 0.1) is 11.4 Å². The summed E-state index contributed by atoms with van der Waals surface area (Å²) in [4.78, 5) is 25.3. The number of carbonyl (C=O) groups excluding carboxylic acids is 1. The first kappa shape index (κ1) is 13.2. The fourth-order valence-electron chi connectivity index (χ4n) is 3.28. The van der Waals surface area contributed by atoms with Crippen molar-refractivity contribution < 1.29 is 19.4 Å². The van der Waals surface area contributed by atoms with Crippen LogP contribution in [0.4, 0.5) is 0 Å². The third-order valence-electron chi connectivity index (χ3n) is 4.37. The highest BCUT2D eigenvalue weighted by atomic mass is 32.2. The zero-order valence-electron chi connectivity index (χ0n) is 10.8. The predicted molar refractivity (Wildman–Crippen MR) is 71.1 cm³/mol. The Kier molecular flexibility index (Phi) is 3.71. The van der Waals surface area contributed by atoms with Gasteiger partial charge in [0.15, 0.2) is 0 Å². The normalized spacial score (nSPS) is 38.2. The highest BCUT2D eigenvalue weighted by molar-refractivity contribution is 8.02. The number of rotatable bonds is 2. The molecule has 3 fully saturated rings. The van der Waals surface area contributed by atoms with E-state index in [-0.39, 0.29) is 11.2 Å². The van der Waals surface area contributed by atoms with Gasteiger partial charge in [-0.2, -0.15) is 0 Å². The Balaban J connectivity index is 1.57. The molecule has 3 aliphatic heterocycles. The van der Waals surface area contributed by atoms with E-state index in [1.165, 1.54) is 11.8 Å². The molecular formula is C13H19NO4S. The minimum absolute atomic E-state index is 0.138. The second-order valence-electron chi connectivity index (χ2n) is 5.56. The van der Waals surface area contributed by atoms with Gasteiger partial charge in [-0.25, -0.2) is 0 Å². The lowest BCUT2D eigenvalue weighted by molar-refractivity contribution is -0.136. The monoisotopic (exact) mass is 285 g/mol. The van der Waals surface area contributed by atoms with Crippen LogP contribution in [0.25, 0.3) is 0 Å². The third-order valence-corrected chi connectivity index (χ3v) is 5.90. The van der Waals surface area contributed by atoms with Crippen LogP contribution < -0.4 is 0 Å². The Bertz CT molecular complexity index is 389. The van der Waals surface area contributed by atoms with Gasteiger partial charge in [0.1, 0.15) is 5.25 Å². The van der Waals surface area contributed by atoms with Crippen LogP contribution in [0, 0.1) is 5.92 Å². The van der Waals surface area contributed by atoms with Gasteiger partial charge in [-0.05, 0) is 25.7 Å². The fourth-order valence-corrected chi connectivity index (χ4v) is 4.61. The van der Waals surface area contributed by atoms with Gasteiger partial charge in [0.2, 0.25) is 5.91 Å². The van der Waals surface area contributed by atoms with Gasteiger partial charge < -0.3 is 14.7 Å². The van der Waals surface area contributed by atoms with Gasteiger partial charge in [0.25, 0.3) is 0 Å². The summed E-state index contributed by atoms with van der Waals surface area (Å²) in [5, 5.41) is 8.43. The number of amides is 1. The van der Waals surface area contributed by atoms with Gasteiger partial charge in [-0.1, -0.05) is 0 Å². The highest BCUT2D eigenvalue weighted by Crippen LogP contribution is 2.36. The lowest BCUT2D eigenvalue weighted by Crippen LogP contribution is -2.47. The number of carboxylic acids is 1. The van der Waals surface area contributed by atoms with Crippen LogP contribution in [0.15, 0.2) is 0 Å². The zero-order chi connectivity index (χ0) is 13.4. The average molecular weight is 285 g/mol. The van der Waals surface area contributed by atoms with Crippen molar-refractivity contribution in [2.45, 2.75) is 42.3 Å². The van der Waals surface area contributed by atoms with Gasteiger partial charge in [-0.3, -0.25) is 9.59 Å². The summed E-state index contributed by atoms with van der Waals surface area (Å²) in [7, 11) is 0. The molecule has 3 aliphatic rings. The predicted octanol–water partition coefficient (Wildman–Crippen LogP) is 0.973. The zero-order valence-corrected chi connectivity index (χ0v) is 11.6. The fraction of sp³-hybridized carbons (Fsp3) is 0.846. The smallest absolute Gasteiger partial charge is 0.316 e. The van der Waals surface area contributed by atoms with Crippen LogP contribution in [0.1, 0.15) is 25.7 Å². The number of nitrogens with zero attached hydrogens (tertiary/aromatic N) is 1. The number of fused-ring (bicyclic) bond motifs is 1. The topological polar surface area (TPSA) is 66.8 Å². The molecule has 0 radical (unpaired) electrons. The largest absolute Gasteiger partial charge is 0.480 e. The number of piperidine rings is 1. The van der Waals surface area contributed by atoms with Crippen LogP contribution in [-0.2, 0) is 14.3 Å². The Morgan fingerprint density at radius 2 is 1.95 bits per heavy atom. The van der Waals surface area contributed by atoms with E-state index in [9.17, 15) is 9.59 Å². The highest BCUT2D eigenvalue weighted by Gasteiger charge is 2.40. The van der Waals surface area contributed by atoms with Crippen molar-refractivity contribution in [2.24, 2.45) is 5.92 Å². The van der Waals surface area contributed by atoms with Gasteiger partial charge in [-0.15, -0.1) is 11.8 Å². The molecule has 6 heteroatoms. The number of hydrogen-bond donors (Lipinski definition) is 1. The molecule has 3 heterocycles. The van der Waals surface area contributed by atoms with E-state index < -0.39 is 11.2 Å². The molecule has 106 valence electrons. The van der Waals surface area contributed by atoms with Crippen LogP contribution in [0.3, 0.4) is 0 Å². The van der Waals surface area contributed by atoms with Crippen LogP contribution in [0.2, 0.25) is 0 Å². The number of hydrogen-bond acceptors (Lipinski definition) is 4. The summed E-state index contributed by atoms with van der Waals surface area (Å²) in [5.41, 5.74) is 0. The molecule has 19 heavy (non-hydrogen) atoms. The molecule has 1 N–H and O–H groups in total. The van der Waals surface area contributed by atoms with Crippen molar-refractivity contribution in [3.63, 3.8) is 0 Å². The maximum atomic E-state index is 12.4. The number of ether oxygens (including phenoxy) is 1. The first-order valence-corrected chi connectivity index (χ1v) is 7.88. The molecule has 0 aromatic heterocycles. The standard InChI is InChI=1S/C13H19NO4S/c15-12(10-1-2-11(19-10)13(16)17)14-5-3-9-8(7-14)4-6-18-9/h8-11H,1-7H2,(H,16,17)/t8-,9+,10+,11-/m1/s1. The molecule has 0 unspecified atom stereocenters. The maximum Gasteiger partial charge on any atom is 0.316 e. The summed E-state index contributed by atoms with van der Waals surface area (Å²) in [6.45, 7) is 2.36. The Hall–Kier alpha value is -0.750. The Labute approximate surface area is 116 Å². The first-order chi connectivity index (χ1) is 9.15. The third kappa shape index (κ3) is 2.60. The quantitative estimate of drug-likeness (QED) is 0.819. The Morgan fingerprint density at radius 1 is 1.16 bits per heavy atom. The number of aliphatic carboxylic acids is 1. The van der Waals surface area contributed by atoms with E-state index in [4.69, 9.17) is 9.84 Å². The summed E-state index contributed by atoms with van der Waals surface area (Å²) in [6, 6.07) is 0. The van der Waals surface area contributed by atoms with Crippen molar-refractivity contribution >= 4 is 23.6 Å². The minimum Gasteiger partial charge on any atom is -0.480 e. The van der Waals surface area contributed by atoms with Crippen molar-refractivity contribution in [3.05, 3.63) is 0 Å². The van der Waals surface area contributed by atoms with E-state index in [0.29, 0.717) is 24.9 Å². The minimum atomic E-state index is -0.789. The molecule has 0 bridgehead atoms. The van der Waals surface area contributed by atoms with E-state index in [1.54, 1.807) is 0 Å². The molecule has 1 amide bonds. The molecule has 0 aromatic rings. The molecule has 0 aromatic carbocycles. The number of thioether (sulfide) groups is 1. The molecular weight excluding hydrogens is 266 g/mol. The van der Waals surface area contributed by atoms with E-state index in [0.717, 1.165) is 32.5 Å².